The van der Waals surface area contributed by atoms with Gasteiger partial charge in [0.1, 0.15) is 5.60 Å². The quantitative estimate of drug-likeness (QED) is 0.822. The third-order valence-corrected chi connectivity index (χ3v) is 6.15. The van der Waals surface area contributed by atoms with Crippen molar-refractivity contribution in [2.45, 2.75) is 30.6 Å². The van der Waals surface area contributed by atoms with Gasteiger partial charge >= 0.3 is 6.09 Å². The molecule has 0 saturated carbocycles. The molecule has 0 aromatic heterocycles. The molecule has 7 nitrogen and oxygen atoms in total. The molecule has 1 aromatic carbocycles. The van der Waals surface area contributed by atoms with Crippen molar-refractivity contribution in [2.75, 3.05) is 19.7 Å². The predicted octanol–water partition coefficient (Wildman–Crippen LogP) is 2.10. The third kappa shape index (κ3) is 2.80. The Balaban J connectivity index is 1.82. The van der Waals surface area contributed by atoms with E-state index < -0.39 is 27.1 Å². The highest BCUT2D eigenvalue weighted by atomic mass is 32.2. The smallest absolute Gasteiger partial charge is 0.409 e. The maximum absolute atomic E-state index is 12.5. The molecular formula is C16H20N2O5S. The van der Waals surface area contributed by atoms with Crippen LogP contribution in [0, 0.1) is 5.41 Å². The van der Waals surface area contributed by atoms with Gasteiger partial charge in [-0.2, -0.15) is 8.42 Å². The topological polar surface area (TPSA) is 96.8 Å². The number of rotatable bonds is 2. The van der Waals surface area contributed by atoms with Crippen LogP contribution in [0.15, 0.2) is 30.3 Å². The molecule has 1 atom stereocenters. The highest BCUT2D eigenvalue weighted by Crippen LogP contribution is 2.45. The Morgan fingerprint density at radius 3 is 2.54 bits per heavy atom. The summed E-state index contributed by atoms with van der Waals surface area (Å²) in [7, 11) is -3.90. The molecule has 2 aliphatic heterocycles. The van der Waals surface area contributed by atoms with Crippen molar-refractivity contribution >= 4 is 21.9 Å². The summed E-state index contributed by atoms with van der Waals surface area (Å²) < 4.78 is 35.4. The van der Waals surface area contributed by atoms with Crippen LogP contribution in [-0.4, -0.2) is 50.4 Å². The van der Waals surface area contributed by atoms with Crippen LogP contribution in [0.4, 0.5) is 4.79 Å². The molecule has 2 fully saturated rings. The van der Waals surface area contributed by atoms with Gasteiger partial charge in [0.25, 0.3) is 10.1 Å². The van der Waals surface area contributed by atoms with Gasteiger partial charge in [-0.15, -0.1) is 0 Å². The van der Waals surface area contributed by atoms with Crippen molar-refractivity contribution in [3.63, 3.8) is 0 Å². The van der Waals surface area contributed by atoms with Gasteiger partial charge in [-0.05, 0) is 12.5 Å². The maximum Gasteiger partial charge on any atom is 0.409 e. The van der Waals surface area contributed by atoms with Gasteiger partial charge in [0.15, 0.2) is 5.25 Å². The van der Waals surface area contributed by atoms with Crippen LogP contribution in [-0.2, 0) is 19.0 Å². The molecule has 2 heterocycles. The Morgan fingerprint density at radius 2 is 1.96 bits per heavy atom. The first-order valence-corrected chi connectivity index (χ1v) is 9.37. The number of hydrogen-bond donors (Lipinski definition) is 1. The molecule has 2 saturated heterocycles. The van der Waals surface area contributed by atoms with E-state index in [1.807, 2.05) is 0 Å². The maximum atomic E-state index is 12.5. The van der Waals surface area contributed by atoms with Crippen molar-refractivity contribution in [1.29, 1.82) is 5.41 Å². The van der Waals surface area contributed by atoms with E-state index in [2.05, 4.69) is 0 Å². The molecule has 3 rings (SSSR count). The van der Waals surface area contributed by atoms with Crippen molar-refractivity contribution in [3.05, 3.63) is 35.9 Å². The van der Waals surface area contributed by atoms with Crippen LogP contribution >= 0.6 is 0 Å². The molecule has 24 heavy (non-hydrogen) atoms. The highest BCUT2D eigenvalue weighted by molar-refractivity contribution is 7.88. The Labute approximate surface area is 141 Å². The fraction of sp³-hybridized carbons (Fsp3) is 0.500. The van der Waals surface area contributed by atoms with Crippen LogP contribution in [0.5, 0.6) is 0 Å². The van der Waals surface area contributed by atoms with E-state index in [0.717, 1.165) is 0 Å². The minimum atomic E-state index is -3.90. The Morgan fingerprint density at radius 1 is 1.33 bits per heavy atom. The van der Waals surface area contributed by atoms with Crippen LogP contribution in [0.1, 0.15) is 30.6 Å². The molecule has 0 bridgehead atoms. The van der Waals surface area contributed by atoms with Gasteiger partial charge in [-0.25, -0.2) is 4.79 Å². The number of nitrogens with zero attached hydrogens (tertiary/aromatic N) is 1. The normalized spacial score (nSPS) is 25.0. The molecule has 1 spiro atoms. The van der Waals surface area contributed by atoms with Crippen molar-refractivity contribution in [2.24, 2.45) is 0 Å². The molecule has 2 aliphatic rings. The minimum absolute atomic E-state index is 0.0530. The van der Waals surface area contributed by atoms with Crippen LogP contribution < -0.4 is 0 Å². The minimum Gasteiger partial charge on any atom is -0.450 e. The lowest BCUT2D eigenvalue weighted by atomic mass is 9.84. The summed E-state index contributed by atoms with van der Waals surface area (Å²) >= 11 is 0. The first-order chi connectivity index (χ1) is 11.4. The lowest BCUT2D eigenvalue weighted by Crippen LogP contribution is -2.50. The van der Waals surface area contributed by atoms with Crippen molar-refractivity contribution in [1.82, 2.24) is 4.90 Å². The number of likely N-dealkylation sites (tertiary alicyclic amines) is 1. The second-order valence-corrected chi connectivity index (χ2v) is 7.58. The van der Waals surface area contributed by atoms with E-state index in [4.69, 9.17) is 14.3 Å². The van der Waals surface area contributed by atoms with Gasteiger partial charge in [-0.1, -0.05) is 30.3 Å². The van der Waals surface area contributed by atoms with E-state index in [1.54, 1.807) is 37.3 Å². The molecule has 1 unspecified atom stereocenters. The second kappa shape index (κ2) is 6.18. The summed E-state index contributed by atoms with van der Waals surface area (Å²) in [5.41, 5.74) is -0.563. The van der Waals surface area contributed by atoms with Crippen LogP contribution in [0.25, 0.3) is 0 Å². The number of ether oxygens (including phenoxy) is 1. The largest absolute Gasteiger partial charge is 0.450 e. The van der Waals surface area contributed by atoms with Crippen molar-refractivity contribution < 1.29 is 22.1 Å². The Hall–Kier alpha value is -1.93. The number of carbonyl (C=O) groups excluding carboxylic acids is 1. The summed E-state index contributed by atoms with van der Waals surface area (Å²) in [6.45, 7) is 2.63. The number of amides is 1. The van der Waals surface area contributed by atoms with E-state index in [-0.39, 0.29) is 25.2 Å². The van der Waals surface area contributed by atoms with E-state index in [1.165, 1.54) is 4.90 Å². The fourth-order valence-corrected chi connectivity index (χ4v) is 5.07. The summed E-state index contributed by atoms with van der Waals surface area (Å²) in [5.74, 6) is 0. The third-order valence-electron chi connectivity index (χ3n) is 4.52. The van der Waals surface area contributed by atoms with Gasteiger partial charge in [0, 0.05) is 25.9 Å². The monoisotopic (exact) mass is 352 g/mol. The molecule has 0 aliphatic carbocycles. The number of carbonyl (C=O) groups is 1. The number of hydrogen-bond acceptors (Lipinski definition) is 6. The standard InChI is InChI=1S/C16H20N2O5S/c1-2-22-15(19)18-10-8-16(9-11-18)14(17)13(24(20,21)23-16)12-6-4-3-5-7-12/h3-7,13,17H,2,8-11H2,1H3. The summed E-state index contributed by atoms with van der Waals surface area (Å²) in [5, 5.41) is 7.38. The zero-order valence-electron chi connectivity index (χ0n) is 13.4. The first kappa shape index (κ1) is 16.9. The predicted molar refractivity (Wildman–Crippen MR) is 87.5 cm³/mol. The molecule has 0 radical (unpaired) electrons. The van der Waals surface area contributed by atoms with Gasteiger partial charge in [0.2, 0.25) is 0 Å². The van der Waals surface area contributed by atoms with Crippen molar-refractivity contribution in [3.8, 4) is 0 Å². The lowest BCUT2D eigenvalue weighted by Gasteiger charge is -2.36. The lowest BCUT2D eigenvalue weighted by molar-refractivity contribution is 0.0529. The molecule has 1 aromatic rings. The zero-order chi connectivity index (χ0) is 17.4. The van der Waals surface area contributed by atoms with Crippen LogP contribution in [0.2, 0.25) is 0 Å². The average Bonchev–Trinajstić information content (AvgIpc) is 2.75. The summed E-state index contributed by atoms with van der Waals surface area (Å²) in [6, 6.07) is 8.65. The molecule has 8 heteroatoms. The molecule has 130 valence electrons. The fourth-order valence-electron chi connectivity index (χ4n) is 3.28. The molecule has 1 N–H and O–H groups in total. The average molecular weight is 352 g/mol. The highest BCUT2D eigenvalue weighted by Gasteiger charge is 2.57. The van der Waals surface area contributed by atoms with Crippen LogP contribution in [0.3, 0.4) is 0 Å². The van der Waals surface area contributed by atoms with E-state index in [9.17, 15) is 13.2 Å². The van der Waals surface area contributed by atoms with Gasteiger partial charge in [-0.3, -0.25) is 4.18 Å². The zero-order valence-corrected chi connectivity index (χ0v) is 14.2. The Kier molecular flexibility index (Phi) is 4.35. The number of piperidine rings is 1. The van der Waals surface area contributed by atoms with Gasteiger partial charge in [0.05, 0.1) is 12.3 Å². The Bertz CT molecular complexity index is 739. The second-order valence-electron chi connectivity index (χ2n) is 5.96. The summed E-state index contributed by atoms with van der Waals surface area (Å²) in [6.07, 6.45) is 0.125. The SMILES string of the molecule is CCOC(=O)N1CCC2(CC1)OS(=O)(=O)C(c1ccccc1)C2=N. The van der Waals surface area contributed by atoms with Gasteiger partial charge < -0.3 is 15.0 Å². The van der Waals surface area contributed by atoms with E-state index in [0.29, 0.717) is 18.7 Å². The first-order valence-electron chi connectivity index (χ1n) is 7.90. The molecular weight excluding hydrogens is 332 g/mol. The molecule has 1 amide bonds. The number of nitrogens with one attached hydrogen (secondary N) is 1. The van der Waals surface area contributed by atoms with E-state index >= 15 is 0 Å². The number of benzene rings is 1. The summed E-state index contributed by atoms with van der Waals surface area (Å²) in [4.78, 5) is 13.3.